The minimum Gasteiger partial charge on any atom is -0.0839 e. The Bertz CT molecular complexity index is 120. The van der Waals surface area contributed by atoms with E-state index in [4.69, 9.17) is 0 Å². The molecule has 1 atom stereocenters. The molecule has 0 N–H and O–H groups in total. The average Bonchev–Trinajstić information content (AvgIpc) is 2.12. The molecule has 0 fully saturated rings. The Morgan fingerprint density at radius 1 is 1.50 bits per heavy atom. The van der Waals surface area contributed by atoms with Gasteiger partial charge < -0.3 is 0 Å². The van der Waals surface area contributed by atoms with Crippen LogP contribution < -0.4 is 0 Å². The molecule has 0 aromatic carbocycles. The fourth-order valence-corrected chi connectivity index (χ4v) is 1.74. The van der Waals surface area contributed by atoms with Gasteiger partial charge in [0.25, 0.3) is 0 Å². The molecule has 1 unspecified atom stereocenters. The highest BCUT2D eigenvalue weighted by atomic mass is 31.1. The minimum atomic E-state index is -0.914. The summed E-state index contributed by atoms with van der Waals surface area (Å²) in [6.07, 6.45) is 6.29. The quantitative estimate of drug-likeness (QED) is 0.391. The van der Waals surface area contributed by atoms with Gasteiger partial charge in [0.15, 0.2) is 5.66 Å². The maximum Gasteiger partial charge on any atom is 0.339 e. The highest BCUT2D eigenvalue weighted by molar-refractivity contribution is 7.44. The number of hydrogen-bond acceptors (Lipinski definition) is 1. The summed E-state index contributed by atoms with van der Waals surface area (Å²) in [5, 5.41) is 0. The molecule has 0 heterocycles. The average molecular weight is 129 g/mol. The molecular formula is C6H10OP+. The van der Waals surface area contributed by atoms with Crippen molar-refractivity contribution < 1.29 is 4.57 Å². The van der Waals surface area contributed by atoms with E-state index in [-0.39, 0.29) is 0 Å². The SMILES string of the molecule is C[P+](=O)C1CC=CC1. The van der Waals surface area contributed by atoms with E-state index in [1.165, 1.54) is 0 Å². The molecule has 2 heteroatoms. The summed E-state index contributed by atoms with van der Waals surface area (Å²) in [5.41, 5.74) is 0.463. The first-order valence-corrected chi connectivity index (χ1v) is 4.63. The Hall–Kier alpha value is -0.160. The van der Waals surface area contributed by atoms with Gasteiger partial charge in [-0.1, -0.05) is 16.7 Å². The van der Waals surface area contributed by atoms with Crippen LogP contribution in [-0.2, 0) is 4.57 Å². The van der Waals surface area contributed by atoms with Crippen molar-refractivity contribution in [1.29, 1.82) is 0 Å². The topological polar surface area (TPSA) is 17.1 Å². The van der Waals surface area contributed by atoms with Gasteiger partial charge in [-0.05, 0) is 0 Å². The second-order valence-electron chi connectivity index (χ2n) is 2.14. The summed E-state index contributed by atoms with van der Waals surface area (Å²) in [4.78, 5) is 0. The molecule has 0 radical (unpaired) electrons. The molecule has 0 spiro atoms. The van der Waals surface area contributed by atoms with Crippen molar-refractivity contribution in [1.82, 2.24) is 0 Å². The van der Waals surface area contributed by atoms with Crippen LogP contribution in [0.5, 0.6) is 0 Å². The Kier molecular flexibility index (Phi) is 1.80. The van der Waals surface area contributed by atoms with Crippen molar-refractivity contribution in [2.45, 2.75) is 18.5 Å². The first-order chi connectivity index (χ1) is 3.80. The van der Waals surface area contributed by atoms with E-state index >= 15 is 0 Å². The lowest BCUT2D eigenvalue weighted by atomic mass is 10.3. The van der Waals surface area contributed by atoms with Gasteiger partial charge >= 0.3 is 7.80 Å². The van der Waals surface area contributed by atoms with E-state index in [0.717, 1.165) is 12.8 Å². The van der Waals surface area contributed by atoms with Crippen molar-refractivity contribution in [3.8, 4) is 0 Å². The smallest absolute Gasteiger partial charge is 0.0839 e. The Balaban J connectivity index is 2.41. The fourth-order valence-electron chi connectivity index (χ4n) is 0.900. The Morgan fingerprint density at radius 3 is 2.25 bits per heavy atom. The summed E-state index contributed by atoms with van der Waals surface area (Å²) < 4.78 is 10.8. The summed E-state index contributed by atoms with van der Waals surface area (Å²) in [6.45, 7) is 1.81. The second kappa shape index (κ2) is 2.41. The molecule has 0 saturated carbocycles. The van der Waals surface area contributed by atoms with Gasteiger partial charge in [0.1, 0.15) is 6.66 Å². The van der Waals surface area contributed by atoms with Crippen LogP contribution in [0.2, 0.25) is 0 Å². The van der Waals surface area contributed by atoms with E-state index in [1.54, 1.807) is 0 Å². The monoisotopic (exact) mass is 129 g/mol. The van der Waals surface area contributed by atoms with Crippen LogP contribution in [0.3, 0.4) is 0 Å². The van der Waals surface area contributed by atoms with Crippen LogP contribution in [0.25, 0.3) is 0 Å². The summed E-state index contributed by atoms with van der Waals surface area (Å²) in [7, 11) is -0.914. The van der Waals surface area contributed by atoms with E-state index in [2.05, 4.69) is 12.2 Å². The van der Waals surface area contributed by atoms with Gasteiger partial charge in [-0.3, -0.25) is 0 Å². The zero-order valence-corrected chi connectivity index (χ0v) is 5.90. The van der Waals surface area contributed by atoms with Crippen LogP contribution >= 0.6 is 7.80 Å². The highest BCUT2D eigenvalue weighted by Crippen LogP contribution is 2.32. The molecule has 1 nitrogen and oxygen atoms in total. The van der Waals surface area contributed by atoms with Gasteiger partial charge in [-0.25, -0.2) is 0 Å². The van der Waals surface area contributed by atoms with Crippen LogP contribution in [0, 0.1) is 0 Å². The van der Waals surface area contributed by atoms with Gasteiger partial charge in [0.05, 0.1) is 0 Å². The third kappa shape index (κ3) is 1.16. The molecule has 0 aromatic heterocycles. The summed E-state index contributed by atoms with van der Waals surface area (Å²) >= 11 is 0. The zero-order chi connectivity index (χ0) is 5.98. The van der Waals surface area contributed by atoms with Crippen molar-refractivity contribution in [3.63, 3.8) is 0 Å². The predicted octanol–water partition coefficient (Wildman–Crippen LogP) is 2.16. The van der Waals surface area contributed by atoms with E-state index in [0.29, 0.717) is 5.66 Å². The zero-order valence-electron chi connectivity index (χ0n) is 5.00. The molecule has 1 aliphatic rings. The fraction of sp³-hybridized carbons (Fsp3) is 0.667. The standard InChI is InChI=1S/C6H10OP/c1-8(7)6-4-2-3-5-6/h2-3,6H,4-5H2,1H3/q+1. The van der Waals surface area contributed by atoms with Crippen LogP contribution in [0.4, 0.5) is 0 Å². The van der Waals surface area contributed by atoms with Gasteiger partial charge in [-0.15, -0.1) is 0 Å². The lowest BCUT2D eigenvalue weighted by Crippen LogP contribution is -1.91. The first kappa shape index (κ1) is 5.97. The van der Waals surface area contributed by atoms with Crippen LogP contribution in [0.15, 0.2) is 12.2 Å². The predicted molar refractivity (Wildman–Crippen MR) is 35.7 cm³/mol. The summed E-state index contributed by atoms with van der Waals surface area (Å²) in [6, 6.07) is 0. The lowest BCUT2D eigenvalue weighted by Gasteiger charge is -1.88. The molecule has 0 aromatic rings. The van der Waals surface area contributed by atoms with Gasteiger partial charge in [0.2, 0.25) is 0 Å². The van der Waals surface area contributed by atoms with Gasteiger partial charge in [-0.2, -0.15) is 0 Å². The minimum absolute atomic E-state index is 0.463. The van der Waals surface area contributed by atoms with Crippen molar-refractivity contribution >= 4 is 7.80 Å². The largest absolute Gasteiger partial charge is 0.339 e. The molecule has 8 heavy (non-hydrogen) atoms. The Morgan fingerprint density at radius 2 is 2.00 bits per heavy atom. The van der Waals surface area contributed by atoms with Crippen molar-refractivity contribution in [2.75, 3.05) is 6.66 Å². The van der Waals surface area contributed by atoms with Crippen LogP contribution in [0.1, 0.15) is 12.8 Å². The van der Waals surface area contributed by atoms with Crippen molar-refractivity contribution in [3.05, 3.63) is 12.2 Å². The van der Waals surface area contributed by atoms with Gasteiger partial charge in [0, 0.05) is 12.8 Å². The molecule has 0 amide bonds. The normalized spacial score (nSPS) is 21.9. The van der Waals surface area contributed by atoms with E-state index in [1.807, 2.05) is 6.66 Å². The Labute approximate surface area is 50.6 Å². The molecule has 0 aliphatic heterocycles. The van der Waals surface area contributed by atoms with E-state index < -0.39 is 7.80 Å². The van der Waals surface area contributed by atoms with Crippen LogP contribution in [-0.4, -0.2) is 12.3 Å². The molecule has 44 valence electrons. The highest BCUT2D eigenvalue weighted by Gasteiger charge is 2.24. The number of rotatable bonds is 1. The van der Waals surface area contributed by atoms with Crippen molar-refractivity contribution in [2.24, 2.45) is 0 Å². The molecule has 0 saturated heterocycles. The summed E-state index contributed by atoms with van der Waals surface area (Å²) in [5.74, 6) is 0. The third-order valence-electron chi connectivity index (χ3n) is 1.50. The van der Waals surface area contributed by atoms with E-state index in [9.17, 15) is 4.57 Å². The first-order valence-electron chi connectivity index (χ1n) is 2.85. The third-order valence-corrected chi connectivity index (χ3v) is 2.95. The maximum atomic E-state index is 10.8. The molecular weight excluding hydrogens is 119 g/mol. The maximum absolute atomic E-state index is 10.8. The molecule has 0 bridgehead atoms. The molecule has 1 aliphatic carbocycles. The lowest BCUT2D eigenvalue weighted by molar-refractivity contribution is 0.583. The number of allylic oxidation sites excluding steroid dienone is 2. The second-order valence-corrected chi connectivity index (χ2v) is 3.97. The molecule has 1 rings (SSSR count). The number of hydrogen-bond donors (Lipinski definition) is 0.